The van der Waals surface area contributed by atoms with Gasteiger partial charge in [-0.05, 0) is 69.7 Å². The lowest BCUT2D eigenvalue weighted by atomic mass is 9.91. The summed E-state index contributed by atoms with van der Waals surface area (Å²) in [5.74, 6) is 0.936. The standard InChI is InChI=1S/C23H35N5O/c1-3-16-29-23(2)9-14-28(15-10-23)21-17-20(18-7-12-24-13-8-18)26-22(27-21)19-6-4-5-11-25-19/h7,11-12,19,21H,3-6,8-10,13-17H2,1-2H3. The topological polar surface area (TPSA) is 61.9 Å². The van der Waals surface area contributed by atoms with Gasteiger partial charge in [-0.15, -0.1) is 0 Å². The summed E-state index contributed by atoms with van der Waals surface area (Å²) in [6, 6.07) is 0.127. The van der Waals surface area contributed by atoms with Crippen molar-refractivity contribution in [2.45, 2.75) is 83.0 Å². The molecule has 1 fully saturated rings. The molecule has 2 unspecified atom stereocenters. The lowest BCUT2D eigenvalue weighted by molar-refractivity contribution is -0.0755. The van der Waals surface area contributed by atoms with E-state index in [9.17, 15) is 0 Å². The van der Waals surface area contributed by atoms with E-state index in [4.69, 9.17) is 19.7 Å². The van der Waals surface area contributed by atoms with Crippen molar-refractivity contribution < 1.29 is 4.74 Å². The molecule has 0 bridgehead atoms. The van der Waals surface area contributed by atoms with E-state index in [1.54, 1.807) is 0 Å². The van der Waals surface area contributed by atoms with Gasteiger partial charge < -0.3 is 4.74 Å². The van der Waals surface area contributed by atoms with E-state index in [1.807, 2.05) is 6.21 Å². The van der Waals surface area contributed by atoms with E-state index in [0.717, 1.165) is 77.0 Å². The van der Waals surface area contributed by atoms with Crippen LogP contribution in [0, 0.1) is 0 Å². The molecule has 4 aliphatic heterocycles. The van der Waals surface area contributed by atoms with Crippen LogP contribution in [0.2, 0.25) is 0 Å². The predicted octanol–water partition coefficient (Wildman–Crippen LogP) is 3.86. The number of hydrogen-bond donors (Lipinski definition) is 0. The van der Waals surface area contributed by atoms with Crippen molar-refractivity contribution in [3.63, 3.8) is 0 Å². The van der Waals surface area contributed by atoms with Crippen LogP contribution in [-0.4, -0.2) is 72.9 Å². The number of hydrogen-bond acceptors (Lipinski definition) is 6. The Hall–Kier alpha value is -1.66. The summed E-state index contributed by atoms with van der Waals surface area (Å²) >= 11 is 0. The highest BCUT2D eigenvalue weighted by Gasteiger charge is 2.35. The van der Waals surface area contributed by atoms with Crippen LogP contribution in [0.1, 0.15) is 65.2 Å². The molecule has 0 aromatic carbocycles. The summed E-state index contributed by atoms with van der Waals surface area (Å²) in [7, 11) is 0. The molecule has 29 heavy (non-hydrogen) atoms. The Bertz CT molecular complexity index is 728. The zero-order valence-corrected chi connectivity index (χ0v) is 18.0. The van der Waals surface area contributed by atoms with Crippen molar-refractivity contribution in [1.82, 2.24) is 4.90 Å². The molecule has 4 aliphatic rings. The molecule has 6 heteroatoms. The SMILES string of the molecule is CCCOC1(C)CCN(C2CC(C3=CC=NCC3)=NC(C3CCCC=N3)=N2)CC1. The van der Waals surface area contributed by atoms with Gasteiger partial charge >= 0.3 is 0 Å². The average Bonchev–Trinajstić information content (AvgIpc) is 2.79. The highest BCUT2D eigenvalue weighted by Crippen LogP contribution is 2.30. The zero-order chi connectivity index (χ0) is 20.1. The molecule has 0 aromatic rings. The van der Waals surface area contributed by atoms with E-state index < -0.39 is 0 Å². The average molecular weight is 398 g/mol. The van der Waals surface area contributed by atoms with Crippen LogP contribution in [0.4, 0.5) is 0 Å². The normalized spacial score (nSPS) is 29.9. The number of ether oxygens (including phenoxy) is 1. The second-order valence-corrected chi connectivity index (χ2v) is 8.84. The van der Waals surface area contributed by atoms with Gasteiger partial charge in [-0.1, -0.05) is 6.92 Å². The molecule has 0 radical (unpaired) electrons. The maximum Gasteiger partial charge on any atom is 0.150 e. The van der Waals surface area contributed by atoms with Crippen LogP contribution in [-0.2, 0) is 4.74 Å². The summed E-state index contributed by atoms with van der Waals surface area (Å²) < 4.78 is 6.16. The Kier molecular flexibility index (Phi) is 6.70. The van der Waals surface area contributed by atoms with E-state index in [0.29, 0.717) is 0 Å². The summed E-state index contributed by atoms with van der Waals surface area (Å²) in [5.41, 5.74) is 2.54. The second kappa shape index (κ2) is 9.43. The van der Waals surface area contributed by atoms with E-state index in [-0.39, 0.29) is 17.8 Å². The largest absolute Gasteiger partial charge is 0.375 e. The number of aliphatic imine (C=N–C) groups is 4. The number of amidine groups is 1. The van der Waals surface area contributed by atoms with Crippen molar-refractivity contribution in [2.24, 2.45) is 20.0 Å². The van der Waals surface area contributed by atoms with Gasteiger partial charge in [-0.25, -0.2) is 9.98 Å². The predicted molar refractivity (Wildman–Crippen MR) is 121 cm³/mol. The van der Waals surface area contributed by atoms with Gasteiger partial charge in [-0.3, -0.25) is 14.9 Å². The molecule has 2 atom stereocenters. The lowest BCUT2D eigenvalue weighted by Gasteiger charge is -2.42. The number of likely N-dealkylation sites (tertiary alicyclic amines) is 1. The number of allylic oxidation sites excluding steroid dienone is 1. The molecular weight excluding hydrogens is 362 g/mol. The van der Waals surface area contributed by atoms with Crippen LogP contribution in [0.15, 0.2) is 31.6 Å². The third-order valence-corrected chi connectivity index (χ3v) is 6.49. The third kappa shape index (κ3) is 5.10. The van der Waals surface area contributed by atoms with Crippen LogP contribution >= 0.6 is 0 Å². The highest BCUT2D eigenvalue weighted by atomic mass is 16.5. The molecule has 158 valence electrons. The number of dihydropyridines is 1. The fraction of sp³-hybridized carbons (Fsp3) is 0.739. The maximum absolute atomic E-state index is 6.16. The Morgan fingerprint density at radius 2 is 2.14 bits per heavy atom. The van der Waals surface area contributed by atoms with Crippen molar-refractivity contribution in [2.75, 3.05) is 26.2 Å². The second-order valence-electron chi connectivity index (χ2n) is 8.84. The van der Waals surface area contributed by atoms with Gasteiger partial charge in [0, 0.05) is 44.6 Å². The summed E-state index contributed by atoms with van der Waals surface area (Å²) in [6.45, 7) is 8.23. The molecule has 0 spiro atoms. The van der Waals surface area contributed by atoms with Crippen molar-refractivity contribution in [3.05, 3.63) is 11.6 Å². The van der Waals surface area contributed by atoms with E-state index in [1.165, 1.54) is 17.7 Å². The van der Waals surface area contributed by atoms with E-state index in [2.05, 4.69) is 36.0 Å². The quantitative estimate of drug-likeness (QED) is 0.683. The van der Waals surface area contributed by atoms with Gasteiger partial charge in [0.25, 0.3) is 0 Å². The lowest BCUT2D eigenvalue weighted by Crippen LogP contribution is -2.49. The minimum Gasteiger partial charge on any atom is -0.375 e. The molecule has 4 heterocycles. The van der Waals surface area contributed by atoms with Crippen LogP contribution in [0.3, 0.4) is 0 Å². The van der Waals surface area contributed by atoms with Crippen LogP contribution in [0.25, 0.3) is 0 Å². The molecular formula is C23H35N5O. The maximum atomic E-state index is 6.16. The van der Waals surface area contributed by atoms with Gasteiger partial charge in [0.1, 0.15) is 18.0 Å². The molecule has 0 amide bonds. The first-order chi connectivity index (χ1) is 14.2. The molecule has 0 saturated carbocycles. The summed E-state index contributed by atoms with van der Waals surface area (Å²) in [4.78, 5) is 21.7. The first-order valence-corrected chi connectivity index (χ1v) is 11.4. The minimum atomic E-state index is 0.0145. The van der Waals surface area contributed by atoms with E-state index >= 15 is 0 Å². The first-order valence-electron chi connectivity index (χ1n) is 11.4. The first kappa shape index (κ1) is 20.6. The third-order valence-electron chi connectivity index (χ3n) is 6.49. The fourth-order valence-corrected chi connectivity index (χ4v) is 4.55. The van der Waals surface area contributed by atoms with Crippen LogP contribution in [0.5, 0.6) is 0 Å². The molecule has 1 saturated heterocycles. The van der Waals surface area contributed by atoms with Crippen molar-refractivity contribution in [3.8, 4) is 0 Å². The molecule has 0 aromatic heterocycles. The minimum absolute atomic E-state index is 0.0145. The number of rotatable bonds is 6. The van der Waals surface area contributed by atoms with Crippen molar-refractivity contribution >= 4 is 24.0 Å². The number of piperidine rings is 1. The van der Waals surface area contributed by atoms with Gasteiger partial charge in [0.15, 0.2) is 0 Å². The highest BCUT2D eigenvalue weighted by molar-refractivity contribution is 6.12. The molecule has 6 nitrogen and oxygen atoms in total. The summed E-state index contributed by atoms with van der Waals surface area (Å²) in [5, 5.41) is 0. The van der Waals surface area contributed by atoms with Gasteiger partial charge in [-0.2, -0.15) is 0 Å². The van der Waals surface area contributed by atoms with Crippen molar-refractivity contribution in [1.29, 1.82) is 0 Å². The monoisotopic (exact) mass is 397 g/mol. The van der Waals surface area contributed by atoms with Gasteiger partial charge in [0.2, 0.25) is 0 Å². The number of nitrogens with zero attached hydrogens (tertiary/aromatic N) is 5. The summed E-state index contributed by atoms with van der Waals surface area (Å²) in [6.07, 6.45) is 14.7. The Balaban J connectivity index is 1.50. The Labute approximate surface area is 175 Å². The molecule has 4 rings (SSSR count). The molecule has 0 aliphatic carbocycles. The fourth-order valence-electron chi connectivity index (χ4n) is 4.55. The Morgan fingerprint density at radius 3 is 2.83 bits per heavy atom. The van der Waals surface area contributed by atoms with Gasteiger partial charge in [0.05, 0.1) is 5.60 Å². The Morgan fingerprint density at radius 1 is 1.28 bits per heavy atom. The van der Waals surface area contributed by atoms with Crippen LogP contribution < -0.4 is 0 Å². The smallest absolute Gasteiger partial charge is 0.150 e. The zero-order valence-electron chi connectivity index (χ0n) is 18.0. The molecule has 0 N–H and O–H groups in total.